The Labute approximate surface area is 124 Å². The highest BCUT2D eigenvalue weighted by Gasteiger charge is 2.08. The van der Waals surface area contributed by atoms with Gasteiger partial charge in [0.2, 0.25) is 0 Å². The summed E-state index contributed by atoms with van der Waals surface area (Å²) < 4.78 is 5.52. The Morgan fingerprint density at radius 2 is 2.19 bits per heavy atom. The summed E-state index contributed by atoms with van der Waals surface area (Å²) in [5, 5.41) is 2.75. The molecule has 1 aromatic heterocycles. The molecule has 0 aliphatic heterocycles. The number of carbonyl (C=O) groups excluding carboxylic acids is 1. The van der Waals surface area contributed by atoms with Crippen molar-refractivity contribution in [3.8, 4) is 5.75 Å². The van der Waals surface area contributed by atoms with E-state index in [0.717, 1.165) is 12.0 Å². The van der Waals surface area contributed by atoms with Crippen LogP contribution < -0.4 is 15.8 Å². The van der Waals surface area contributed by atoms with E-state index < -0.39 is 0 Å². The third-order valence-corrected chi connectivity index (χ3v) is 2.87. The summed E-state index contributed by atoms with van der Waals surface area (Å²) in [4.78, 5) is 16.3. The van der Waals surface area contributed by atoms with Crippen LogP contribution in [0.5, 0.6) is 5.75 Å². The minimum atomic E-state index is -0.218. The monoisotopic (exact) mass is 285 g/mol. The van der Waals surface area contributed by atoms with Crippen molar-refractivity contribution < 1.29 is 9.53 Å². The van der Waals surface area contributed by atoms with Crippen LogP contribution in [-0.2, 0) is 6.54 Å². The molecule has 0 aliphatic carbocycles. The number of nitrogens with zero attached hydrogens (tertiary/aromatic N) is 1. The van der Waals surface area contributed by atoms with Crippen LogP contribution in [0.1, 0.15) is 29.3 Å². The number of anilines is 1. The number of ether oxygens (including phenoxy) is 1. The molecule has 21 heavy (non-hydrogen) atoms. The average molecular weight is 285 g/mol. The second-order valence-electron chi connectivity index (χ2n) is 4.59. The molecule has 5 heteroatoms. The molecule has 1 heterocycles. The molecular weight excluding hydrogens is 266 g/mol. The number of rotatable bonds is 6. The number of hydrogen-bond donors (Lipinski definition) is 2. The van der Waals surface area contributed by atoms with Crippen molar-refractivity contribution in [3.05, 3.63) is 53.7 Å². The number of nitrogens with one attached hydrogen (secondary N) is 1. The third kappa shape index (κ3) is 4.29. The first-order valence-electron chi connectivity index (χ1n) is 6.92. The fourth-order valence-electron chi connectivity index (χ4n) is 1.75. The zero-order chi connectivity index (χ0) is 15.1. The van der Waals surface area contributed by atoms with E-state index in [2.05, 4.69) is 10.3 Å². The highest BCUT2D eigenvalue weighted by Crippen LogP contribution is 2.15. The summed E-state index contributed by atoms with van der Waals surface area (Å²) in [6.45, 7) is 3.10. The second kappa shape index (κ2) is 7.40. The first-order valence-corrected chi connectivity index (χ1v) is 6.92. The molecule has 3 N–H and O–H groups in total. The first kappa shape index (κ1) is 15.0. The Kier molecular flexibility index (Phi) is 5.29. The van der Waals surface area contributed by atoms with Crippen molar-refractivity contribution in [1.82, 2.24) is 4.98 Å². The third-order valence-electron chi connectivity index (χ3n) is 2.87. The molecule has 0 radical (unpaired) electrons. The minimum absolute atomic E-state index is 0.218. The molecule has 2 aromatic rings. The van der Waals surface area contributed by atoms with Gasteiger partial charge in [0.1, 0.15) is 11.6 Å². The predicted molar refractivity (Wildman–Crippen MR) is 82.3 cm³/mol. The molecule has 0 fully saturated rings. The van der Waals surface area contributed by atoms with Gasteiger partial charge in [0, 0.05) is 18.3 Å². The van der Waals surface area contributed by atoms with Crippen LogP contribution in [0, 0.1) is 0 Å². The zero-order valence-corrected chi connectivity index (χ0v) is 12.0. The summed E-state index contributed by atoms with van der Waals surface area (Å²) in [6.07, 6.45) is 2.57. The topological polar surface area (TPSA) is 77.2 Å². The van der Waals surface area contributed by atoms with E-state index in [1.54, 1.807) is 30.5 Å². The van der Waals surface area contributed by atoms with Gasteiger partial charge in [-0.2, -0.15) is 0 Å². The van der Waals surface area contributed by atoms with Crippen LogP contribution in [0.15, 0.2) is 42.6 Å². The van der Waals surface area contributed by atoms with Crippen LogP contribution >= 0.6 is 0 Å². The van der Waals surface area contributed by atoms with Gasteiger partial charge in [-0.25, -0.2) is 4.98 Å². The van der Waals surface area contributed by atoms with E-state index in [-0.39, 0.29) is 5.91 Å². The fourth-order valence-corrected chi connectivity index (χ4v) is 1.75. The summed E-state index contributed by atoms with van der Waals surface area (Å²) in [5.74, 6) is 0.970. The molecule has 5 nitrogen and oxygen atoms in total. The molecule has 0 aliphatic rings. The molecule has 110 valence electrons. The Morgan fingerprint density at radius 3 is 2.86 bits per heavy atom. The molecule has 0 saturated heterocycles. The summed E-state index contributed by atoms with van der Waals surface area (Å²) >= 11 is 0. The quantitative estimate of drug-likeness (QED) is 0.855. The van der Waals surface area contributed by atoms with Crippen molar-refractivity contribution in [2.24, 2.45) is 5.73 Å². The van der Waals surface area contributed by atoms with E-state index >= 15 is 0 Å². The maximum Gasteiger partial charge on any atom is 0.256 e. The molecular formula is C16H19N3O2. The Hall–Kier alpha value is -2.40. The molecule has 0 bridgehead atoms. The zero-order valence-electron chi connectivity index (χ0n) is 12.0. The van der Waals surface area contributed by atoms with Gasteiger partial charge in [-0.1, -0.05) is 19.1 Å². The molecule has 0 saturated carbocycles. The number of hydrogen-bond acceptors (Lipinski definition) is 4. The van der Waals surface area contributed by atoms with Crippen molar-refractivity contribution in [1.29, 1.82) is 0 Å². The molecule has 0 unspecified atom stereocenters. The number of benzene rings is 1. The van der Waals surface area contributed by atoms with Crippen LogP contribution in [0.3, 0.4) is 0 Å². The smallest absolute Gasteiger partial charge is 0.256 e. The molecule has 1 amide bonds. The van der Waals surface area contributed by atoms with E-state index in [0.29, 0.717) is 30.3 Å². The summed E-state index contributed by atoms with van der Waals surface area (Å²) in [6, 6.07) is 10.7. The van der Waals surface area contributed by atoms with Gasteiger partial charge < -0.3 is 15.8 Å². The minimum Gasteiger partial charge on any atom is -0.494 e. The Bertz CT molecular complexity index is 597. The van der Waals surface area contributed by atoms with Gasteiger partial charge in [0.05, 0.1) is 6.61 Å². The normalized spacial score (nSPS) is 10.2. The van der Waals surface area contributed by atoms with Crippen LogP contribution in [0.2, 0.25) is 0 Å². The summed E-state index contributed by atoms with van der Waals surface area (Å²) in [5.41, 5.74) is 6.96. The van der Waals surface area contributed by atoms with Gasteiger partial charge in [-0.15, -0.1) is 0 Å². The lowest BCUT2D eigenvalue weighted by Crippen LogP contribution is -2.13. The van der Waals surface area contributed by atoms with Crippen LogP contribution in [-0.4, -0.2) is 17.5 Å². The van der Waals surface area contributed by atoms with Crippen LogP contribution in [0.25, 0.3) is 0 Å². The first-order chi connectivity index (χ1) is 10.2. The maximum absolute atomic E-state index is 12.2. The van der Waals surface area contributed by atoms with Gasteiger partial charge in [-0.3, -0.25) is 4.79 Å². The van der Waals surface area contributed by atoms with Crippen molar-refractivity contribution >= 4 is 11.7 Å². The second-order valence-corrected chi connectivity index (χ2v) is 4.59. The largest absolute Gasteiger partial charge is 0.494 e. The Balaban J connectivity index is 2.05. The van der Waals surface area contributed by atoms with E-state index in [9.17, 15) is 4.79 Å². The van der Waals surface area contributed by atoms with E-state index in [1.807, 2.05) is 19.1 Å². The van der Waals surface area contributed by atoms with Crippen molar-refractivity contribution in [2.75, 3.05) is 11.9 Å². The van der Waals surface area contributed by atoms with Gasteiger partial charge >= 0.3 is 0 Å². The number of nitrogens with two attached hydrogens (primary N) is 1. The highest BCUT2D eigenvalue weighted by atomic mass is 16.5. The standard InChI is InChI=1S/C16H19N3O2/c1-2-8-21-14-5-3-4-13(9-14)16(20)19-15-7-6-12(10-17)11-18-15/h3-7,9,11H,2,8,10,17H2,1H3,(H,18,19,20). The number of amides is 1. The molecule has 1 aromatic carbocycles. The van der Waals surface area contributed by atoms with Crippen molar-refractivity contribution in [3.63, 3.8) is 0 Å². The van der Waals surface area contributed by atoms with Gasteiger partial charge in [0.25, 0.3) is 5.91 Å². The number of aromatic nitrogens is 1. The van der Waals surface area contributed by atoms with E-state index in [4.69, 9.17) is 10.5 Å². The maximum atomic E-state index is 12.2. The van der Waals surface area contributed by atoms with Gasteiger partial charge in [-0.05, 0) is 36.2 Å². The molecule has 2 rings (SSSR count). The molecule has 0 atom stereocenters. The van der Waals surface area contributed by atoms with Crippen molar-refractivity contribution in [2.45, 2.75) is 19.9 Å². The fraction of sp³-hybridized carbons (Fsp3) is 0.250. The number of pyridine rings is 1. The lowest BCUT2D eigenvalue weighted by molar-refractivity contribution is 0.102. The predicted octanol–water partition coefficient (Wildman–Crippen LogP) is 2.58. The lowest BCUT2D eigenvalue weighted by atomic mass is 10.2. The lowest BCUT2D eigenvalue weighted by Gasteiger charge is -2.08. The summed E-state index contributed by atoms with van der Waals surface area (Å²) in [7, 11) is 0. The highest BCUT2D eigenvalue weighted by molar-refractivity contribution is 6.03. The number of carbonyl (C=O) groups is 1. The molecule has 0 spiro atoms. The van der Waals surface area contributed by atoms with Crippen LogP contribution in [0.4, 0.5) is 5.82 Å². The van der Waals surface area contributed by atoms with E-state index in [1.165, 1.54) is 0 Å². The Morgan fingerprint density at radius 1 is 1.33 bits per heavy atom. The average Bonchev–Trinajstić information content (AvgIpc) is 2.54. The van der Waals surface area contributed by atoms with Gasteiger partial charge in [0.15, 0.2) is 0 Å². The SMILES string of the molecule is CCCOc1cccc(C(=O)Nc2ccc(CN)cn2)c1.